The van der Waals surface area contributed by atoms with Crippen molar-refractivity contribution in [3.63, 3.8) is 0 Å². The van der Waals surface area contributed by atoms with E-state index in [9.17, 15) is 22.8 Å². The van der Waals surface area contributed by atoms with Crippen molar-refractivity contribution < 1.29 is 32.3 Å². The van der Waals surface area contributed by atoms with Gasteiger partial charge in [0.15, 0.2) is 12.4 Å². The fraction of sp³-hybridized carbons (Fsp3) is 0.318. The molecule has 0 saturated carbocycles. The molecule has 172 valence electrons. The number of nitrogens with zero attached hydrogens (tertiary/aromatic N) is 1. The summed E-state index contributed by atoms with van der Waals surface area (Å²) in [5.41, 5.74) is 1.43. The Morgan fingerprint density at radius 2 is 1.75 bits per heavy atom. The highest BCUT2D eigenvalue weighted by Crippen LogP contribution is 2.15. The molecule has 0 aliphatic heterocycles. The molecule has 0 radical (unpaired) electrons. The summed E-state index contributed by atoms with van der Waals surface area (Å²) in [6, 6.07) is 12.9. The Morgan fingerprint density at radius 3 is 2.38 bits per heavy atom. The molecule has 2 rings (SSSR count). The largest absolute Gasteiger partial charge is 0.492 e. The molecule has 0 aromatic heterocycles. The zero-order valence-electron chi connectivity index (χ0n) is 18.2. The lowest BCUT2D eigenvalue weighted by Crippen LogP contribution is -2.36. The first-order chi connectivity index (χ1) is 15.1. The van der Waals surface area contributed by atoms with Crippen LogP contribution in [0.3, 0.4) is 0 Å². The number of aryl methyl sites for hydroxylation is 1. The van der Waals surface area contributed by atoms with Crippen LogP contribution in [0, 0.1) is 6.92 Å². The van der Waals surface area contributed by atoms with Gasteiger partial charge < -0.3 is 14.8 Å². The van der Waals surface area contributed by atoms with Crippen LogP contribution in [-0.2, 0) is 24.3 Å². The molecule has 1 amide bonds. The standard InChI is InChI=1S/C22H26N2O7S/c1-16-5-4-6-19(13-16)30-12-11-23-21(26)15-31-22(27)14-24(3)32(28,29)20-9-7-18(8-10-20)17(2)25/h4-10,13H,11-12,14-15H2,1-3H3,(H,23,26). The molecule has 0 atom stereocenters. The maximum atomic E-state index is 12.5. The lowest BCUT2D eigenvalue weighted by molar-refractivity contribution is -0.148. The maximum absolute atomic E-state index is 12.5. The molecule has 0 fully saturated rings. The van der Waals surface area contributed by atoms with E-state index in [0.717, 1.165) is 9.87 Å². The first-order valence-electron chi connectivity index (χ1n) is 9.78. The van der Waals surface area contributed by atoms with Gasteiger partial charge in [-0.2, -0.15) is 4.31 Å². The Hall–Kier alpha value is -3.24. The molecule has 0 aliphatic carbocycles. The van der Waals surface area contributed by atoms with Crippen LogP contribution in [0.5, 0.6) is 5.75 Å². The van der Waals surface area contributed by atoms with Crippen LogP contribution in [-0.4, -0.2) is 63.7 Å². The number of hydrogen-bond acceptors (Lipinski definition) is 7. The molecule has 10 heteroatoms. The smallest absolute Gasteiger partial charge is 0.321 e. The molecule has 2 aromatic rings. The number of benzene rings is 2. The molecule has 0 spiro atoms. The van der Waals surface area contributed by atoms with E-state index in [2.05, 4.69) is 5.32 Å². The van der Waals surface area contributed by atoms with Crippen LogP contribution in [0.25, 0.3) is 0 Å². The van der Waals surface area contributed by atoms with Crippen LogP contribution < -0.4 is 10.1 Å². The van der Waals surface area contributed by atoms with Crippen LogP contribution >= 0.6 is 0 Å². The second kappa shape index (κ2) is 11.4. The third-order valence-electron chi connectivity index (χ3n) is 4.37. The molecular formula is C22H26N2O7S. The van der Waals surface area contributed by atoms with Gasteiger partial charge in [0.05, 0.1) is 11.4 Å². The molecule has 2 aromatic carbocycles. The summed E-state index contributed by atoms with van der Waals surface area (Å²) in [5, 5.41) is 2.55. The minimum atomic E-state index is -3.96. The minimum absolute atomic E-state index is 0.0656. The number of amides is 1. The first kappa shape index (κ1) is 25.0. The Bertz CT molecular complexity index is 1070. The van der Waals surface area contributed by atoms with Gasteiger partial charge in [-0.15, -0.1) is 0 Å². The van der Waals surface area contributed by atoms with Gasteiger partial charge in [0.2, 0.25) is 10.0 Å². The van der Waals surface area contributed by atoms with Gasteiger partial charge in [0.1, 0.15) is 18.9 Å². The quantitative estimate of drug-likeness (QED) is 0.306. The summed E-state index contributed by atoms with van der Waals surface area (Å²) in [6.07, 6.45) is 0. The summed E-state index contributed by atoms with van der Waals surface area (Å²) in [6.45, 7) is 2.67. The number of carbonyl (C=O) groups excluding carboxylic acids is 3. The lowest BCUT2D eigenvalue weighted by atomic mass is 10.2. The SMILES string of the molecule is CC(=O)c1ccc(S(=O)(=O)N(C)CC(=O)OCC(=O)NCCOc2cccc(C)c2)cc1. The number of Topliss-reactive ketones (excluding diaryl/α,β-unsaturated/α-hetero) is 1. The molecular weight excluding hydrogens is 436 g/mol. The first-order valence-corrected chi connectivity index (χ1v) is 11.2. The molecule has 0 aliphatic rings. The Balaban J connectivity index is 1.74. The zero-order valence-corrected chi connectivity index (χ0v) is 19.0. The monoisotopic (exact) mass is 462 g/mol. The van der Waals surface area contributed by atoms with E-state index in [4.69, 9.17) is 9.47 Å². The second-order valence-corrected chi connectivity index (χ2v) is 9.06. The van der Waals surface area contributed by atoms with E-state index in [-0.39, 0.29) is 23.8 Å². The number of ether oxygens (including phenoxy) is 2. The average molecular weight is 463 g/mol. The van der Waals surface area contributed by atoms with Crippen molar-refractivity contribution in [3.8, 4) is 5.75 Å². The number of hydrogen-bond donors (Lipinski definition) is 1. The van der Waals surface area contributed by atoms with E-state index >= 15 is 0 Å². The number of nitrogens with one attached hydrogen (secondary N) is 1. The van der Waals surface area contributed by atoms with Crippen molar-refractivity contribution in [2.45, 2.75) is 18.7 Å². The third-order valence-corrected chi connectivity index (χ3v) is 6.19. The molecule has 0 heterocycles. The molecule has 1 N–H and O–H groups in total. The fourth-order valence-corrected chi connectivity index (χ4v) is 3.73. The van der Waals surface area contributed by atoms with Crippen molar-refractivity contribution in [2.75, 3.05) is 33.4 Å². The van der Waals surface area contributed by atoms with E-state index in [1.165, 1.54) is 38.2 Å². The van der Waals surface area contributed by atoms with Gasteiger partial charge >= 0.3 is 5.97 Å². The van der Waals surface area contributed by atoms with Crippen LogP contribution in [0.1, 0.15) is 22.8 Å². The zero-order chi connectivity index (χ0) is 23.7. The topological polar surface area (TPSA) is 119 Å². The summed E-state index contributed by atoms with van der Waals surface area (Å²) >= 11 is 0. The average Bonchev–Trinajstić information content (AvgIpc) is 2.75. The number of rotatable bonds is 11. The normalized spacial score (nSPS) is 11.1. The Morgan fingerprint density at radius 1 is 1.06 bits per heavy atom. The molecule has 32 heavy (non-hydrogen) atoms. The lowest BCUT2D eigenvalue weighted by Gasteiger charge is -2.16. The highest BCUT2D eigenvalue weighted by atomic mass is 32.2. The highest BCUT2D eigenvalue weighted by molar-refractivity contribution is 7.89. The van der Waals surface area contributed by atoms with Gasteiger partial charge in [0.25, 0.3) is 5.91 Å². The Labute approximate surface area is 187 Å². The van der Waals surface area contributed by atoms with Crippen molar-refractivity contribution in [1.29, 1.82) is 0 Å². The van der Waals surface area contributed by atoms with Gasteiger partial charge in [0, 0.05) is 12.6 Å². The summed E-state index contributed by atoms with van der Waals surface area (Å²) < 4.78 is 36.2. The number of esters is 1. The predicted molar refractivity (Wildman–Crippen MR) is 117 cm³/mol. The fourth-order valence-electron chi connectivity index (χ4n) is 2.62. The predicted octanol–water partition coefficient (Wildman–Crippen LogP) is 1.56. The number of ketones is 1. The van der Waals surface area contributed by atoms with E-state index in [0.29, 0.717) is 11.3 Å². The molecule has 0 saturated heterocycles. The van der Waals surface area contributed by atoms with Gasteiger partial charge in [-0.25, -0.2) is 8.42 Å². The minimum Gasteiger partial charge on any atom is -0.492 e. The Kier molecular flexibility index (Phi) is 8.91. The highest BCUT2D eigenvalue weighted by Gasteiger charge is 2.24. The molecule has 9 nitrogen and oxygen atoms in total. The van der Waals surface area contributed by atoms with Crippen molar-refractivity contribution in [2.24, 2.45) is 0 Å². The van der Waals surface area contributed by atoms with Crippen molar-refractivity contribution in [3.05, 3.63) is 59.7 Å². The number of sulfonamides is 1. The van der Waals surface area contributed by atoms with Gasteiger partial charge in [-0.3, -0.25) is 14.4 Å². The number of carbonyl (C=O) groups is 3. The maximum Gasteiger partial charge on any atom is 0.321 e. The van der Waals surface area contributed by atoms with E-state index in [1.807, 2.05) is 25.1 Å². The molecule has 0 unspecified atom stereocenters. The van der Waals surface area contributed by atoms with Crippen LogP contribution in [0.15, 0.2) is 53.4 Å². The summed E-state index contributed by atoms with van der Waals surface area (Å²) in [4.78, 5) is 35.0. The van der Waals surface area contributed by atoms with E-state index in [1.54, 1.807) is 6.07 Å². The second-order valence-electron chi connectivity index (χ2n) is 7.02. The van der Waals surface area contributed by atoms with Crippen LogP contribution in [0.2, 0.25) is 0 Å². The molecule has 0 bridgehead atoms. The van der Waals surface area contributed by atoms with Crippen molar-refractivity contribution >= 4 is 27.7 Å². The van der Waals surface area contributed by atoms with Gasteiger partial charge in [-0.1, -0.05) is 24.3 Å². The third kappa shape index (κ3) is 7.47. The van der Waals surface area contributed by atoms with E-state index < -0.39 is 35.1 Å². The van der Waals surface area contributed by atoms with Crippen molar-refractivity contribution in [1.82, 2.24) is 9.62 Å². The summed E-state index contributed by atoms with van der Waals surface area (Å²) in [5.74, 6) is -0.907. The number of likely N-dealkylation sites (N-methyl/N-ethyl adjacent to an activating group) is 1. The van der Waals surface area contributed by atoms with Gasteiger partial charge in [-0.05, 0) is 43.7 Å². The van der Waals surface area contributed by atoms with Crippen LogP contribution in [0.4, 0.5) is 0 Å². The summed E-state index contributed by atoms with van der Waals surface area (Å²) in [7, 11) is -2.74.